The molecule has 1 saturated carbocycles. The topological polar surface area (TPSA) is 29.5 Å². The zero-order valence-corrected chi connectivity index (χ0v) is 13.0. The summed E-state index contributed by atoms with van der Waals surface area (Å²) in [6, 6.07) is 2.17. The van der Waals surface area contributed by atoms with E-state index in [9.17, 15) is 26.3 Å². The Hall–Kier alpha value is -1.44. The molecule has 0 atom stereocenters. The third kappa shape index (κ3) is 3.20. The average molecular weight is 356 g/mol. The lowest BCUT2D eigenvalue weighted by atomic mass is 9.79. The molecule has 0 aromatic heterocycles. The van der Waals surface area contributed by atoms with Gasteiger partial charge in [-0.3, -0.25) is 0 Å². The fraction of sp³-hybridized carbons (Fsp3) is 0.625. The van der Waals surface area contributed by atoms with Gasteiger partial charge in [0, 0.05) is 11.6 Å². The Labute approximate surface area is 135 Å². The van der Waals surface area contributed by atoms with Crippen LogP contribution in [-0.2, 0) is 6.61 Å². The normalized spacial score (nSPS) is 18.0. The maximum atomic E-state index is 14.0. The molecule has 0 bridgehead atoms. The molecule has 0 radical (unpaired) electrons. The van der Waals surface area contributed by atoms with Crippen molar-refractivity contribution >= 4 is 0 Å². The first-order valence-corrected chi connectivity index (χ1v) is 7.51. The fourth-order valence-corrected chi connectivity index (χ4v) is 3.12. The molecule has 0 spiro atoms. The van der Waals surface area contributed by atoms with Gasteiger partial charge in [-0.1, -0.05) is 12.8 Å². The van der Waals surface area contributed by atoms with E-state index < -0.39 is 36.5 Å². The van der Waals surface area contributed by atoms with E-state index >= 15 is 0 Å². The van der Waals surface area contributed by atoms with E-state index in [2.05, 4.69) is 0 Å². The van der Waals surface area contributed by atoms with E-state index in [1.807, 2.05) is 0 Å². The molecule has 1 fully saturated rings. The van der Waals surface area contributed by atoms with E-state index in [1.165, 1.54) is 13.0 Å². The number of hydrogen-bond donors (Lipinski definition) is 1. The second-order valence-electron chi connectivity index (χ2n) is 6.22. The third-order valence-corrected chi connectivity index (χ3v) is 4.60. The average Bonchev–Trinajstić information content (AvgIpc) is 2.97. The van der Waals surface area contributed by atoms with Gasteiger partial charge < -0.3 is 9.84 Å². The first-order valence-electron chi connectivity index (χ1n) is 7.51. The van der Waals surface area contributed by atoms with E-state index in [-0.39, 0.29) is 37.0 Å². The van der Waals surface area contributed by atoms with Crippen LogP contribution in [0.15, 0.2) is 12.1 Å². The van der Waals surface area contributed by atoms with Gasteiger partial charge in [-0.25, -0.2) is 4.39 Å². The van der Waals surface area contributed by atoms with Gasteiger partial charge in [-0.2, -0.15) is 22.0 Å². The predicted octanol–water partition coefficient (Wildman–Crippen LogP) is 4.76. The maximum absolute atomic E-state index is 14.0. The Kier molecular flexibility index (Phi) is 5.09. The van der Waals surface area contributed by atoms with Gasteiger partial charge >= 0.3 is 12.1 Å². The predicted molar refractivity (Wildman–Crippen MR) is 74.5 cm³/mol. The number of aryl methyl sites for hydroxylation is 1. The van der Waals surface area contributed by atoms with Crippen LogP contribution in [0.25, 0.3) is 0 Å². The summed E-state index contributed by atoms with van der Waals surface area (Å²) in [7, 11) is 0. The van der Waals surface area contributed by atoms with Crippen molar-refractivity contribution in [3.8, 4) is 5.75 Å². The minimum absolute atomic E-state index is 0.00366. The highest BCUT2D eigenvalue weighted by molar-refractivity contribution is 5.37. The summed E-state index contributed by atoms with van der Waals surface area (Å²) in [4.78, 5) is 0. The van der Waals surface area contributed by atoms with Crippen LogP contribution in [-0.4, -0.2) is 23.8 Å². The quantitative estimate of drug-likeness (QED) is 0.771. The molecular formula is C16H18F6O2. The molecule has 8 heteroatoms. The van der Waals surface area contributed by atoms with Gasteiger partial charge in [-0.05, 0) is 31.4 Å². The van der Waals surface area contributed by atoms with Gasteiger partial charge in [0.2, 0.25) is 0 Å². The summed E-state index contributed by atoms with van der Waals surface area (Å²) >= 11 is 0. The highest BCUT2D eigenvalue weighted by Gasteiger charge is 2.70. The lowest BCUT2D eigenvalue weighted by Crippen LogP contribution is -2.53. The summed E-state index contributed by atoms with van der Waals surface area (Å²) in [5.74, 6) is -5.79. The van der Waals surface area contributed by atoms with Gasteiger partial charge in [0.15, 0.2) is 0 Å². The number of halogens is 6. The Bertz CT molecular complexity index is 591. The Morgan fingerprint density at radius 1 is 1.12 bits per heavy atom. The number of rotatable bonds is 5. The first kappa shape index (κ1) is 18.9. The van der Waals surface area contributed by atoms with Crippen molar-refractivity contribution < 1.29 is 36.2 Å². The van der Waals surface area contributed by atoms with Gasteiger partial charge in [0.1, 0.15) is 11.6 Å². The van der Waals surface area contributed by atoms with Crippen LogP contribution in [0.2, 0.25) is 0 Å². The molecule has 0 unspecified atom stereocenters. The molecule has 2 nitrogen and oxygen atoms in total. The molecule has 1 aliphatic rings. The second kappa shape index (κ2) is 6.46. The summed E-state index contributed by atoms with van der Waals surface area (Å²) < 4.78 is 85.2. The van der Waals surface area contributed by atoms with Crippen molar-refractivity contribution in [3.05, 3.63) is 29.1 Å². The summed E-state index contributed by atoms with van der Waals surface area (Å²) in [6.45, 7) is 0.0957. The molecule has 24 heavy (non-hydrogen) atoms. The maximum Gasteiger partial charge on any atom is 0.453 e. The molecular weight excluding hydrogens is 338 g/mol. The van der Waals surface area contributed by atoms with Crippen LogP contribution in [0.4, 0.5) is 26.3 Å². The van der Waals surface area contributed by atoms with Crippen molar-refractivity contribution in [2.45, 2.75) is 51.3 Å². The summed E-state index contributed by atoms with van der Waals surface area (Å²) in [6.07, 6.45) is -5.77. The molecule has 0 saturated heterocycles. The lowest BCUT2D eigenvalue weighted by molar-refractivity contribution is -0.329. The zero-order chi connectivity index (χ0) is 18.2. The van der Waals surface area contributed by atoms with Crippen LogP contribution in [0.3, 0.4) is 0 Å². The smallest absolute Gasteiger partial charge is 0.453 e. The van der Waals surface area contributed by atoms with Gasteiger partial charge in [-0.15, -0.1) is 0 Å². The molecule has 0 heterocycles. The second-order valence-corrected chi connectivity index (χ2v) is 6.22. The molecule has 1 aromatic carbocycles. The Balaban J connectivity index is 2.26. The standard InChI is InChI=1S/C16H18F6O2/c1-10-6-11(8-23)12(17)7-13(10)24-9-14(4-2-3-5-14)15(18,19)16(20,21)22/h6-7,23H,2-5,8-9H2,1H3. The number of hydrogen-bond acceptors (Lipinski definition) is 2. The Morgan fingerprint density at radius 2 is 1.71 bits per heavy atom. The number of benzene rings is 1. The first-order chi connectivity index (χ1) is 11.0. The molecule has 1 N–H and O–H groups in total. The van der Waals surface area contributed by atoms with Crippen molar-refractivity contribution in [3.63, 3.8) is 0 Å². The van der Waals surface area contributed by atoms with Crippen molar-refractivity contribution in [1.82, 2.24) is 0 Å². The zero-order valence-electron chi connectivity index (χ0n) is 13.0. The minimum Gasteiger partial charge on any atom is -0.492 e. The van der Waals surface area contributed by atoms with Crippen molar-refractivity contribution in [2.24, 2.45) is 5.41 Å². The number of ether oxygens (including phenoxy) is 1. The monoisotopic (exact) mass is 356 g/mol. The fourth-order valence-electron chi connectivity index (χ4n) is 3.12. The number of aliphatic hydroxyl groups is 1. The van der Waals surface area contributed by atoms with Crippen LogP contribution < -0.4 is 4.74 Å². The summed E-state index contributed by atoms with van der Waals surface area (Å²) in [5.41, 5.74) is -2.00. The van der Waals surface area contributed by atoms with E-state index in [0.717, 1.165) is 6.07 Å². The van der Waals surface area contributed by atoms with Crippen LogP contribution in [0, 0.1) is 18.2 Å². The van der Waals surface area contributed by atoms with E-state index in [0.29, 0.717) is 5.56 Å². The van der Waals surface area contributed by atoms with Crippen LogP contribution >= 0.6 is 0 Å². The third-order valence-electron chi connectivity index (χ3n) is 4.60. The minimum atomic E-state index is -5.66. The molecule has 0 amide bonds. The van der Waals surface area contributed by atoms with Crippen molar-refractivity contribution in [2.75, 3.05) is 6.61 Å². The lowest BCUT2D eigenvalue weighted by Gasteiger charge is -2.37. The summed E-state index contributed by atoms with van der Waals surface area (Å²) in [5, 5.41) is 8.97. The molecule has 1 aromatic rings. The Morgan fingerprint density at radius 3 is 2.21 bits per heavy atom. The highest BCUT2D eigenvalue weighted by atomic mass is 19.4. The molecule has 136 valence electrons. The molecule has 0 aliphatic heterocycles. The van der Waals surface area contributed by atoms with Crippen LogP contribution in [0.1, 0.15) is 36.8 Å². The molecule has 2 rings (SSSR count). The number of alkyl halides is 5. The molecule has 1 aliphatic carbocycles. The van der Waals surface area contributed by atoms with Gasteiger partial charge in [0.25, 0.3) is 0 Å². The van der Waals surface area contributed by atoms with E-state index in [1.54, 1.807) is 0 Å². The van der Waals surface area contributed by atoms with Gasteiger partial charge in [0.05, 0.1) is 18.6 Å². The largest absolute Gasteiger partial charge is 0.492 e. The van der Waals surface area contributed by atoms with Crippen LogP contribution in [0.5, 0.6) is 5.75 Å². The highest BCUT2D eigenvalue weighted by Crippen LogP contribution is 2.56. The number of aliphatic hydroxyl groups excluding tert-OH is 1. The SMILES string of the molecule is Cc1cc(CO)c(F)cc1OCC1(C(F)(F)C(F)(F)F)CCCC1. The van der Waals surface area contributed by atoms with E-state index in [4.69, 9.17) is 9.84 Å². The van der Waals surface area contributed by atoms with Crippen molar-refractivity contribution in [1.29, 1.82) is 0 Å².